The third-order valence-electron chi connectivity index (χ3n) is 4.65. The van der Waals surface area contributed by atoms with Crippen molar-refractivity contribution in [3.05, 3.63) is 56.7 Å². The van der Waals surface area contributed by atoms with Crippen LogP contribution in [0.3, 0.4) is 0 Å². The molecule has 0 saturated heterocycles. The third kappa shape index (κ3) is 3.58. The summed E-state index contributed by atoms with van der Waals surface area (Å²) < 4.78 is 1.19. The van der Waals surface area contributed by atoms with Crippen LogP contribution in [0.5, 0.6) is 0 Å². The monoisotopic (exact) mass is 365 g/mol. The molecule has 0 aliphatic rings. The highest BCUT2D eigenvalue weighted by Crippen LogP contribution is 2.37. The minimum atomic E-state index is 0.187. The summed E-state index contributed by atoms with van der Waals surface area (Å²) >= 11 is 5.40. The van der Waals surface area contributed by atoms with Gasteiger partial charge in [-0.25, -0.2) is 0 Å². The highest BCUT2D eigenvalue weighted by molar-refractivity contribution is 9.10. The van der Waals surface area contributed by atoms with Crippen LogP contribution in [0.15, 0.2) is 46.3 Å². The van der Waals surface area contributed by atoms with Gasteiger partial charge < -0.3 is 5.32 Å². The first-order valence-electron chi connectivity index (χ1n) is 7.62. The van der Waals surface area contributed by atoms with Gasteiger partial charge in [-0.1, -0.05) is 44.2 Å². The molecule has 2 aromatic rings. The summed E-state index contributed by atoms with van der Waals surface area (Å²) in [4.78, 5) is 1.43. The summed E-state index contributed by atoms with van der Waals surface area (Å²) in [6.45, 7) is 4.62. The Morgan fingerprint density at radius 3 is 2.33 bits per heavy atom. The van der Waals surface area contributed by atoms with E-state index in [0.717, 1.165) is 19.3 Å². The van der Waals surface area contributed by atoms with Crippen molar-refractivity contribution in [2.24, 2.45) is 0 Å². The summed E-state index contributed by atoms with van der Waals surface area (Å²) in [6.07, 6.45) is 3.36. The van der Waals surface area contributed by atoms with Gasteiger partial charge >= 0.3 is 0 Å². The molecule has 1 atom stereocenters. The van der Waals surface area contributed by atoms with Gasteiger partial charge in [-0.15, -0.1) is 11.3 Å². The first kappa shape index (κ1) is 16.7. The highest BCUT2D eigenvalue weighted by Gasteiger charge is 2.36. The summed E-state index contributed by atoms with van der Waals surface area (Å²) in [7, 11) is 2.09. The second-order valence-corrected chi connectivity index (χ2v) is 7.42. The Morgan fingerprint density at radius 1 is 1.19 bits per heavy atom. The van der Waals surface area contributed by atoms with E-state index in [9.17, 15) is 0 Å². The lowest BCUT2D eigenvalue weighted by atomic mass is 9.69. The van der Waals surface area contributed by atoms with Crippen LogP contribution in [0.4, 0.5) is 0 Å². The standard InChI is InChI=1S/C18H24BrNS/c1-4-18(5-2,14-9-7-6-8-10-14)17(20-3)12-16-11-15(19)13-21-16/h6-11,13,17,20H,4-5,12H2,1-3H3. The number of likely N-dealkylation sites (N-methyl/N-ethyl adjacent to an activating group) is 1. The minimum Gasteiger partial charge on any atom is -0.316 e. The molecule has 21 heavy (non-hydrogen) atoms. The summed E-state index contributed by atoms with van der Waals surface area (Å²) in [5.41, 5.74) is 1.64. The Morgan fingerprint density at radius 2 is 1.86 bits per heavy atom. The van der Waals surface area contributed by atoms with Crippen LogP contribution in [0.1, 0.15) is 37.1 Å². The van der Waals surface area contributed by atoms with E-state index in [-0.39, 0.29) is 5.41 Å². The molecular weight excluding hydrogens is 342 g/mol. The van der Waals surface area contributed by atoms with Gasteiger partial charge in [0.25, 0.3) is 0 Å². The van der Waals surface area contributed by atoms with Crippen LogP contribution >= 0.6 is 27.3 Å². The topological polar surface area (TPSA) is 12.0 Å². The minimum absolute atomic E-state index is 0.187. The van der Waals surface area contributed by atoms with Gasteiger partial charge in [0.2, 0.25) is 0 Å². The van der Waals surface area contributed by atoms with Crippen molar-refractivity contribution in [1.29, 1.82) is 0 Å². The lowest BCUT2D eigenvalue weighted by Crippen LogP contribution is -2.47. The molecule has 0 aliphatic carbocycles. The van der Waals surface area contributed by atoms with E-state index in [1.54, 1.807) is 0 Å². The van der Waals surface area contributed by atoms with Crippen molar-refractivity contribution in [2.75, 3.05) is 7.05 Å². The molecule has 1 aromatic carbocycles. The van der Waals surface area contributed by atoms with E-state index in [2.05, 4.69) is 83.9 Å². The average molecular weight is 366 g/mol. The zero-order chi connectivity index (χ0) is 15.3. The van der Waals surface area contributed by atoms with Crippen molar-refractivity contribution < 1.29 is 0 Å². The second-order valence-electron chi connectivity index (χ2n) is 5.51. The Kier molecular flexibility index (Phi) is 6.03. The Labute approximate surface area is 140 Å². The molecule has 0 spiro atoms. The normalized spacial score (nSPS) is 13.3. The van der Waals surface area contributed by atoms with Gasteiger partial charge in [0.1, 0.15) is 0 Å². The number of rotatable bonds is 7. The zero-order valence-corrected chi connectivity index (χ0v) is 15.4. The number of benzene rings is 1. The predicted molar refractivity (Wildman–Crippen MR) is 97.3 cm³/mol. The molecule has 0 saturated carbocycles. The van der Waals surface area contributed by atoms with Gasteiger partial charge in [0.05, 0.1) is 0 Å². The Bertz CT molecular complexity index is 545. The number of thiophene rings is 1. The second kappa shape index (κ2) is 7.57. The van der Waals surface area contributed by atoms with Crippen molar-refractivity contribution >= 4 is 27.3 Å². The fraction of sp³-hybridized carbons (Fsp3) is 0.444. The van der Waals surface area contributed by atoms with Crippen molar-refractivity contribution in [3.8, 4) is 0 Å². The fourth-order valence-corrected chi connectivity index (χ4v) is 4.86. The molecule has 0 bridgehead atoms. The maximum absolute atomic E-state index is 3.59. The Hall–Kier alpha value is -0.640. The third-order valence-corrected chi connectivity index (χ3v) is 6.37. The van der Waals surface area contributed by atoms with Crippen molar-refractivity contribution in [3.63, 3.8) is 0 Å². The average Bonchev–Trinajstić information content (AvgIpc) is 2.94. The molecule has 3 heteroatoms. The summed E-state index contributed by atoms with van der Waals surface area (Å²) in [5.74, 6) is 0. The maximum Gasteiger partial charge on any atom is 0.0285 e. The number of hydrogen-bond donors (Lipinski definition) is 1. The van der Waals surface area contributed by atoms with Crippen molar-refractivity contribution in [2.45, 2.75) is 44.6 Å². The molecule has 0 radical (unpaired) electrons. The largest absolute Gasteiger partial charge is 0.316 e. The van der Waals surface area contributed by atoms with Crippen LogP contribution in [0, 0.1) is 0 Å². The van der Waals surface area contributed by atoms with Gasteiger partial charge in [-0.2, -0.15) is 0 Å². The number of halogens is 1. The molecule has 0 amide bonds. The molecule has 2 rings (SSSR count). The van der Waals surface area contributed by atoms with E-state index >= 15 is 0 Å². The van der Waals surface area contributed by atoms with E-state index in [0.29, 0.717) is 6.04 Å². The van der Waals surface area contributed by atoms with Gasteiger partial charge in [0, 0.05) is 26.2 Å². The highest BCUT2D eigenvalue weighted by atomic mass is 79.9. The van der Waals surface area contributed by atoms with Crippen LogP contribution in [-0.2, 0) is 11.8 Å². The first-order valence-corrected chi connectivity index (χ1v) is 9.29. The first-order chi connectivity index (χ1) is 10.2. The van der Waals surface area contributed by atoms with Crippen LogP contribution in [0.25, 0.3) is 0 Å². The van der Waals surface area contributed by atoms with Gasteiger partial charge in [0.15, 0.2) is 0 Å². The fourth-order valence-electron chi connectivity index (χ4n) is 3.36. The number of hydrogen-bond acceptors (Lipinski definition) is 2. The van der Waals surface area contributed by atoms with Crippen LogP contribution < -0.4 is 5.32 Å². The molecule has 1 aromatic heterocycles. The molecule has 1 heterocycles. The molecule has 0 fully saturated rings. The molecule has 1 unspecified atom stereocenters. The lowest BCUT2D eigenvalue weighted by molar-refractivity contribution is 0.281. The lowest BCUT2D eigenvalue weighted by Gasteiger charge is -2.40. The van der Waals surface area contributed by atoms with E-state index in [1.807, 2.05) is 11.3 Å². The quantitative estimate of drug-likeness (QED) is 0.692. The Balaban J connectivity index is 2.34. The zero-order valence-electron chi connectivity index (χ0n) is 13.0. The summed E-state index contributed by atoms with van der Waals surface area (Å²) in [6, 6.07) is 13.7. The van der Waals surface area contributed by atoms with Gasteiger partial charge in [-0.05, 0) is 53.9 Å². The molecule has 1 nitrogen and oxygen atoms in total. The van der Waals surface area contributed by atoms with Crippen LogP contribution in [0.2, 0.25) is 0 Å². The van der Waals surface area contributed by atoms with Crippen molar-refractivity contribution in [1.82, 2.24) is 5.32 Å². The van der Waals surface area contributed by atoms with Crippen LogP contribution in [-0.4, -0.2) is 13.1 Å². The molecule has 0 aliphatic heterocycles. The SMILES string of the molecule is CCC(CC)(c1ccccc1)C(Cc1cc(Br)cs1)NC. The smallest absolute Gasteiger partial charge is 0.0285 e. The molecule has 114 valence electrons. The number of nitrogens with one attached hydrogen (secondary N) is 1. The molecule has 1 N–H and O–H groups in total. The van der Waals surface area contributed by atoms with E-state index < -0.39 is 0 Å². The predicted octanol–water partition coefficient (Wildman–Crippen LogP) is 5.40. The maximum atomic E-state index is 3.59. The van der Waals surface area contributed by atoms with Gasteiger partial charge in [-0.3, -0.25) is 0 Å². The van der Waals surface area contributed by atoms with E-state index in [4.69, 9.17) is 0 Å². The summed E-state index contributed by atoms with van der Waals surface area (Å²) in [5, 5.41) is 5.76. The van der Waals surface area contributed by atoms with E-state index in [1.165, 1.54) is 14.9 Å². The molecular formula is C18H24BrNS.